The molecule has 1 aliphatic heterocycles. The molecule has 2 amide bonds. The number of nitrogens with zero attached hydrogens (tertiary/aromatic N) is 3. The molecule has 4 rings (SSSR count). The van der Waals surface area contributed by atoms with E-state index in [2.05, 4.69) is 20.7 Å². The molecule has 0 radical (unpaired) electrons. The van der Waals surface area contributed by atoms with Gasteiger partial charge in [0.15, 0.2) is 0 Å². The molecule has 8 heteroatoms. The quantitative estimate of drug-likeness (QED) is 0.667. The van der Waals surface area contributed by atoms with Crippen molar-refractivity contribution in [2.45, 2.75) is 31.2 Å². The fourth-order valence-corrected chi connectivity index (χ4v) is 3.55. The van der Waals surface area contributed by atoms with Crippen molar-refractivity contribution in [3.8, 4) is 0 Å². The summed E-state index contributed by atoms with van der Waals surface area (Å²) in [7, 11) is 1.82. The summed E-state index contributed by atoms with van der Waals surface area (Å²) in [6.07, 6.45) is 5.73. The van der Waals surface area contributed by atoms with Gasteiger partial charge in [-0.2, -0.15) is 5.10 Å². The molecule has 1 aliphatic rings. The van der Waals surface area contributed by atoms with Crippen LogP contribution in [0.5, 0.6) is 0 Å². The van der Waals surface area contributed by atoms with Gasteiger partial charge in [-0.25, -0.2) is 9.78 Å². The van der Waals surface area contributed by atoms with Gasteiger partial charge >= 0.3 is 6.03 Å². The van der Waals surface area contributed by atoms with Crippen LogP contribution in [0, 0.1) is 0 Å². The zero-order valence-electron chi connectivity index (χ0n) is 16.4. The number of oxazole rings is 1. The second kappa shape index (κ2) is 8.91. The van der Waals surface area contributed by atoms with Gasteiger partial charge in [0.05, 0.1) is 18.5 Å². The maximum atomic E-state index is 12.7. The predicted octanol–water partition coefficient (Wildman–Crippen LogP) is 3.41. The van der Waals surface area contributed by atoms with Crippen LogP contribution in [-0.2, 0) is 18.2 Å². The van der Waals surface area contributed by atoms with E-state index in [0.29, 0.717) is 24.7 Å². The smallest absolute Gasteiger partial charge is 0.321 e. The van der Waals surface area contributed by atoms with Crippen LogP contribution >= 0.6 is 0 Å². The van der Waals surface area contributed by atoms with E-state index in [-0.39, 0.29) is 18.0 Å². The highest BCUT2D eigenvalue weighted by atomic mass is 16.5. The molecule has 2 atom stereocenters. The molecular weight excluding hydrogens is 370 g/mol. The summed E-state index contributed by atoms with van der Waals surface area (Å²) in [5.74, 6) is 1.37. The third-order valence-electron chi connectivity index (χ3n) is 5.06. The fraction of sp³-hybridized carbons (Fsp3) is 0.381. The summed E-state index contributed by atoms with van der Waals surface area (Å²) in [6.45, 7) is 1.48. The fourth-order valence-electron chi connectivity index (χ4n) is 3.55. The number of amides is 2. The summed E-state index contributed by atoms with van der Waals surface area (Å²) in [5, 5.41) is 10.4. The summed E-state index contributed by atoms with van der Waals surface area (Å²) >= 11 is 0. The molecular formula is C21H25N5O3. The van der Waals surface area contributed by atoms with E-state index in [1.54, 1.807) is 10.9 Å². The number of carbonyl (C=O) groups is 1. The molecule has 8 nitrogen and oxygen atoms in total. The summed E-state index contributed by atoms with van der Waals surface area (Å²) in [4.78, 5) is 16.9. The van der Waals surface area contributed by atoms with E-state index in [1.165, 1.54) is 6.26 Å². The van der Waals surface area contributed by atoms with E-state index in [9.17, 15) is 4.79 Å². The number of carbonyl (C=O) groups excluding carboxylic acids is 1. The first-order chi connectivity index (χ1) is 14.2. The molecule has 2 unspecified atom stereocenters. The normalized spacial score (nSPS) is 17.6. The number of ether oxygens (including phenoxy) is 1. The van der Waals surface area contributed by atoms with Crippen LogP contribution < -0.4 is 10.6 Å². The first-order valence-corrected chi connectivity index (χ1v) is 9.81. The van der Waals surface area contributed by atoms with Crippen molar-refractivity contribution in [2.75, 3.05) is 18.5 Å². The number of anilines is 1. The van der Waals surface area contributed by atoms with Gasteiger partial charge in [0.1, 0.15) is 18.1 Å². The molecule has 1 aromatic carbocycles. The van der Waals surface area contributed by atoms with Crippen LogP contribution in [0.1, 0.15) is 41.9 Å². The first-order valence-electron chi connectivity index (χ1n) is 9.81. The summed E-state index contributed by atoms with van der Waals surface area (Å²) < 4.78 is 12.7. The molecule has 29 heavy (non-hydrogen) atoms. The van der Waals surface area contributed by atoms with Gasteiger partial charge in [0.2, 0.25) is 5.89 Å². The number of hydrogen-bond acceptors (Lipinski definition) is 5. The van der Waals surface area contributed by atoms with Crippen LogP contribution in [0.25, 0.3) is 0 Å². The molecule has 0 bridgehead atoms. The molecule has 1 saturated heterocycles. The van der Waals surface area contributed by atoms with Crippen LogP contribution in [0.15, 0.2) is 53.3 Å². The van der Waals surface area contributed by atoms with Crippen LogP contribution in [0.4, 0.5) is 10.6 Å². The zero-order valence-corrected chi connectivity index (χ0v) is 16.4. The molecule has 0 aliphatic carbocycles. The number of hydrogen-bond donors (Lipinski definition) is 2. The second-order valence-electron chi connectivity index (χ2n) is 7.20. The Balaban J connectivity index is 1.43. The monoisotopic (exact) mass is 395 g/mol. The molecule has 0 spiro atoms. The third kappa shape index (κ3) is 4.83. The lowest BCUT2D eigenvalue weighted by Crippen LogP contribution is -2.34. The first kappa shape index (κ1) is 19.2. The molecule has 2 N–H and O–H groups in total. The zero-order chi connectivity index (χ0) is 20.1. The van der Waals surface area contributed by atoms with E-state index in [0.717, 1.165) is 30.7 Å². The Hall–Kier alpha value is -3.13. The maximum Gasteiger partial charge on any atom is 0.321 e. The second-order valence-corrected chi connectivity index (χ2v) is 7.20. The van der Waals surface area contributed by atoms with Gasteiger partial charge < -0.3 is 14.5 Å². The number of aryl methyl sites for hydroxylation is 1. The number of rotatable bonds is 6. The largest absolute Gasteiger partial charge is 0.447 e. The van der Waals surface area contributed by atoms with E-state index < -0.39 is 0 Å². The molecule has 152 valence electrons. The third-order valence-corrected chi connectivity index (χ3v) is 5.06. The van der Waals surface area contributed by atoms with E-state index >= 15 is 0 Å². The Labute approximate surface area is 169 Å². The average molecular weight is 395 g/mol. The number of benzene rings is 1. The van der Waals surface area contributed by atoms with Crippen molar-refractivity contribution in [1.82, 2.24) is 20.1 Å². The van der Waals surface area contributed by atoms with Crippen molar-refractivity contribution in [1.29, 1.82) is 0 Å². The minimum atomic E-state index is -0.383. The molecule has 2 aromatic heterocycles. The number of urea groups is 1. The number of nitrogens with one attached hydrogen (secondary N) is 2. The van der Waals surface area contributed by atoms with Crippen molar-refractivity contribution in [3.63, 3.8) is 0 Å². The summed E-state index contributed by atoms with van der Waals surface area (Å²) in [6, 6.07) is 11.1. The van der Waals surface area contributed by atoms with Gasteiger partial charge in [0, 0.05) is 32.1 Å². The topological polar surface area (TPSA) is 94.2 Å². The molecule has 0 saturated carbocycles. The highest BCUT2D eigenvalue weighted by Crippen LogP contribution is 2.26. The SMILES string of the molecule is Cn1nc(C2CCCOC2)cc1NC(=O)NC(Cc1ccccc1)c1ncco1. The number of aromatic nitrogens is 3. The molecule has 1 fully saturated rings. The van der Waals surface area contributed by atoms with Crippen LogP contribution in [0.2, 0.25) is 0 Å². The summed E-state index contributed by atoms with van der Waals surface area (Å²) in [5.41, 5.74) is 2.02. The van der Waals surface area contributed by atoms with Gasteiger partial charge in [-0.05, 0) is 18.4 Å². The lowest BCUT2D eigenvalue weighted by atomic mass is 9.99. The van der Waals surface area contributed by atoms with E-state index in [4.69, 9.17) is 9.15 Å². The van der Waals surface area contributed by atoms with Crippen LogP contribution in [0.3, 0.4) is 0 Å². The Bertz CT molecular complexity index is 917. The van der Waals surface area contributed by atoms with Crippen molar-refractivity contribution in [2.24, 2.45) is 7.05 Å². The lowest BCUT2D eigenvalue weighted by Gasteiger charge is -2.19. The highest BCUT2D eigenvalue weighted by Gasteiger charge is 2.22. The Morgan fingerprint density at radius 1 is 1.34 bits per heavy atom. The van der Waals surface area contributed by atoms with Gasteiger partial charge in [0.25, 0.3) is 0 Å². The molecule has 3 aromatic rings. The average Bonchev–Trinajstić information content (AvgIpc) is 3.40. The Morgan fingerprint density at radius 3 is 2.93 bits per heavy atom. The standard InChI is InChI=1S/C21H25N5O3/c1-26-19(13-17(25-26)16-8-5-10-28-14-16)24-21(27)23-18(20-22-9-11-29-20)12-15-6-3-2-4-7-15/h2-4,6-7,9,11,13,16,18H,5,8,10,12,14H2,1H3,(H2,23,24,27). The van der Waals surface area contributed by atoms with Gasteiger partial charge in [-0.3, -0.25) is 10.00 Å². The van der Waals surface area contributed by atoms with Gasteiger partial charge in [-0.15, -0.1) is 0 Å². The van der Waals surface area contributed by atoms with E-state index in [1.807, 2.05) is 43.4 Å². The van der Waals surface area contributed by atoms with Gasteiger partial charge in [-0.1, -0.05) is 30.3 Å². The Morgan fingerprint density at radius 2 is 2.21 bits per heavy atom. The Kier molecular flexibility index (Phi) is 5.90. The highest BCUT2D eigenvalue weighted by molar-refractivity contribution is 5.88. The lowest BCUT2D eigenvalue weighted by molar-refractivity contribution is 0.0791. The van der Waals surface area contributed by atoms with Crippen LogP contribution in [-0.4, -0.2) is 34.0 Å². The predicted molar refractivity (Wildman–Crippen MR) is 108 cm³/mol. The van der Waals surface area contributed by atoms with Crippen molar-refractivity contribution in [3.05, 3.63) is 66.0 Å². The molecule has 3 heterocycles. The van der Waals surface area contributed by atoms with Crippen molar-refractivity contribution < 1.29 is 13.9 Å². The minimum Gasteiger partial charge on any atom is -0.447 e. The minimum absolute atomic E-state index is 0.270. The van der Waals surface area contributed by atoms with Crippen molar-refractivity contribution >= 4 is 11.8 Å². The maximum absolute atomic E-state index is 12.7.